The second-order valence-corrected chi connectivity index (χ2v) is 7.05. The van der Waals surface area contributed by atoms with Crippen LogP contribution in [-0.2, 0) is 4.74 Å². The van der Waals surface area contributed by atoms with Crippen molar-refractivity contribution in [1.82, 2.24) is 10.2 Å². The highest BCUT2D eigenvalue weighted by Gasteiger charge is 2.20. The molecule has 1 aromatic carbocycles. The Labute approximate surface area is 144 Å². The first-order valence-corrected chi connectivity index (χ1v) is 9.15. The van der Waals surface area contributed by atoms with Gasteiger partial charge in [-0.05, 0) is 49.4 Å². The second kappa shape index (κ2) is 8.49. The number of hydrogen-bond acceptors (Lipinski definition) is 4. The fraction of sp³-hybridized carbons (Fsp3) is 0.632. The van der Waals surface area contributed by atoms with Crippen LogP contribution in [-0.4, -0.2) is 56.2 Å². The fourth-order valence-corrected chi connectivity index (χ4v) is 3.55. The van der Waals surface area contributed by atoms with Crippen LogP contribution in [0, 0.1) is 5.92 Å². The third-order valence-corrected chi connectivity index (χ3v) is 5.03. The first-order chi connectivity index (χ1) is 11.7. The molecule has 0 aromatic heterocycles. The molecular formula is C19H29N3O2. The van der Waals surface area contributed by atoms with Crippen LogP contribution in [0.3, 0.4) is 0 Å². The average molecular weight is 331 g/mol. The zero-order valence-corrected chi connectivity index (χ0v) is 14.6. The first-order valence-electron chi connectivity index (χ1n) is 9.15. The molecule has 0 bridgehead atoms. The average Bonchev–Trinajstić information content (AvgIpc) is 3.01. The molecule has 1 amide bonds. The summed E-state index contributed by atoms with van der Waals surface area (Å²) in [4.78, 5) is 14.5. The zero-order chi connectivity index (χ0) is 16.8. The quantitative estimate of drug-likeness (QED) is 0.840. The minimum atomic E-state index is 0.00398. The maximum atomic E-state index is 12.2. The van der Waals surface area contributed by atoms with Gasteiger partial charge in [0, 0.05) is 43.5 Å². The maximum absolute atomic E-state index is 12.2. The molecule has 24 heavy (non-hydrogen) atoms. The van der Waals surface area contributed by atoms with Crippen molar-refractivity contribution in [1.29, 1.82) is 0 Å². The molecule has 1 saturated carbocycles. The summed E-state index contributed by atoms with van der Waals surface area (Å²) >= 11 is 0. The summed E-state index contributed by atoms with van der Waals surface area (Å²) < 4.78 is 5.33. The lowest BCUT2D eigenvalue weighted by Crippen LogP contribution is -2.41. The lowest BCUT2D eigenvalue weighted by atomic mass is 10.1. The summed E-state index contributed by atoms with van der Waals surface area (Å²) in [6.07, 6.45) is 3.79. The lowest BCUT2D eigenvalue weighted by molar-refractivity contribution is 0.0383. The van der Waals surface area contributed by atoms with E-state index in [0.717, 1.165) is 50.0 Å². The summed E-state index contributed by atoms with van der Waals surface area (Å²) in [5.74, 6) is 0.823. The van der Waals surface area contributed by atoms with Crippen molar-refractivity contribution in [2.75, 3.05) is 44.7 Å². The van der Waals surface area contributed by atoms with Crippen LogP contribution < -0.4 is 10.6 Å². The smallest absolute Gasteiger partial charge is 0.251 e. The van der Waals surface area contributed by atoms with Gasteiger partial charge in [-0.1, -0.05) is 6.92 Å². The molecule has 2 aliphatic rings. The first kappa shape index (κ1) is 17.2. The van der Waals surface area contributed by atoms with Crippen molar-refractivity contribution in [2.45, 2.75) is 32.2 Å². The molecule has 1 aliphatic carbocycles. The second-order valence-electron chi connectivity index (χ2n) is 7.05. The van der Waals surface area contributed by atoms with Crippen molar-refractivity contribution < 1.29 is 9.53 Å². The van der Waals surface area contributed by atoms with Gasteiger partial charge in [-0.25, -0.2) is 0 Å². The van der Waals surface area contributed by atoms with Crippen molar-refractivity contribution in [3.05, 3.63) is 29.8 Å². The molecule has 132 valence electrons. The van der Waals surface area contributed by atoms with Gasteiger partial charge in [-0.15, -0.1) is 0 Å². The van der Waals surface area contributed by atoms with E-state index in [2.05, 4.69) is 22.5 Å². The molecule has 5 heteroatoms. The largest absolute Gasteiger partial charge is 0.382 e. The number of morpholine rings is 1. The standard InChI is InChI=1S/C19H29N3O2/c1-15-2-5-18(14-15)21-17-6-3-16(4-7-17)19(23)20-8-9-22-10-12-24-13-11-22/h3-4,6-7,15,18,21H,2,5,8-14H2,1H3,(H,20,23)/t15-,18+/m1/s1. The van der Waals surface area contributed by atoms with Crippen LogP contribution >= 0.6 is 0 Å². The van der Waals surface area contributed by atoms with E-state index >= 15 is 0 Å². The molecule has 1 aliphatic heterocycles. The lowest BCUT2D eigenvalue weighted by Gasteiger charge is -2.26. The Bertz CT molecular complexity index is 526. The van der Waals surface area contributed by atoms with Crippen molar-refractivity contribution >= 4 is 11.6 Å². The number of rotatable bonds is 6. The Morgan fingerprint density at radius 2 is 1.96 bits per heavy atom. The normalized spacial score (nSPS) is 24.7. The topological polar surface area (TPSA) is 53.6 Å². The Morgan fingerprint density at radius 1 is 1.21 bits per heavy atom. The molecule has 1 heterocycles. The van der Waals surface area contributed by atoms with E-state index in [0.29, 0.717) is 12.6 Å². The van der Waals surface area contributed by atoms with Gasteiger partial charge in [0.15, 0.2) is 0 Å². The van der Waals surface area contributed by atoms with E-state index in [1.807, 2.05) is 24.3 Å². The van der Waals surface area contributed by atoms with Crippen LogP contribution in [0.15, 0.2) is 24.3 Å². The zero-order valence-electron chi connectivity index (χ0n) is 14.6. The van der Waals surface area contributed by atoms with Crippen LogP contribution in [0.4, 0.5) is 5.69 Å². The Balaban J connectivity index is 1.41. The number of amides is 1. The van der Waals surface area contributed by atoms with E-state index in [9.17, 15) is 4.79 Å². The molecular weight excluding hydrogens is 302 g/mol. The van der Waals surface area contributed by atoms with Crippen molar-refractivity contribution in [3.8, 4) is 0 Å². The van der Waals surface area contributed by atoms with Crippen LogP contribution in [0.25, 0.3) is 0 Å². The molecule has 3 rings (SSSR count). The van der Waals surface area contributed by atoms with Crippen LogP contribution in [0.1, 0.15) is 36.5 Å². The Morgan fingerprint density at radius 3 is 2.62 bits per heavy atom. The minimum absolute atomic E-state index is 0.00398. The number of carbonyl (C=O) groups excluding carboxylic acids is 1. The fourth-order valence-electron chi connectivity index (χ4n) is 3.55. The van der Waals surface area contributed by atoms with E-state index in [1.165, 1.54) is 19.3 Å². The number of nitrogens with zero attached hydrogens (tertiary/aromatic N) is 1. The third kappa shape index (κ3) is 4.95. The van der Waals surface area contributed by atoms with Gasteiger partial charge in [0.25, 0.3) is 5.91 Å². The van der Waals surface area contributed by atoms with Gasteiger partial charge in [0.2, 0.25) is 0 Å². The van der Waals surface area contributed by atoms with Gasteiger partial charge in [-0.2, -0.15) is 0 Å². The van der Waals surface area contributed by atoms with E-state index in [1.54, 1.807) is 0 Å². The predicted molar refractivity (Wildman–Crippen MR) is 96.5 cm³/mol. The summed E-state index contributed by atoms with van der Waals surface area (Å²) in [6, 6.07) is 8.42. The van der Waals surface area contributed by atoms with Crippen LogP contribution in [0.2, 0.25) is 0 Å². The molecule has 2 fully saturated rings. The molecule has 5 nitrogen and oxygen atoms in total. The Hall–Kier alpha value is -1.59. The minimum Gasteiger partial charge on any atom is -0.382 e. The van der Waals surface area contributed by atoms with E-state index in [4.69, 9.17) is 4.74 Å². The van der Waals surface area contributed by atoms with E-state index in [-0.39, 0.29) is 5.91 Å². The summed E-state index contributed by atoms with van der Waals surface area (Å²) in [7, 11) is 0. The highest BCUT2D eigenvalue weighted by atomic mass is 16.5. The van der Waals surface area contributed by atoms with Crippen LogP contribution in [0.5, 0.6) is 0 Å². The molecule has 1 aromatic rings. The highest BCUT2D eigenvalue weighted by molar-refractivity contribution is 5.94. The number of ether oxygens (including phenoxy) is 1. The number of benzene rings is 1. The van der Waals surface area contributed by atoms with Crippen molar-refractivity contribution in [2.24, 2.45) is 5.92 Å². The molecule has 1 saturated heterocycles. The third-order valence-electron chi connectivity index (χ3n) is 5.03. The SMILES string of the molecule is C[C@@H]1CC[C@H](Nc2ccc(C(=O)NCCN3CCOCC3)cc2)C1. The number of nitrogens with one attached hydrogen (secondary N) is 2. The highest BCUT2D eigenvalue weighted by Crippen LogP contribution is 2.27. The van der Waals surface area contributed by atoms with Gasteiger partial charge >= 0.3 is 0 Å². The molecule has 2 N–H and O–H groups in total. The van der Waals surface area contributed by atoms with E-state index < -0.39 is 0 Å². The van der Waals surface area contributed by atoms with Crippen molar-refractivity contribution in [3.63, 3.8) is 0 Å². The number of carbonyl (C=O) groups is 1. The molecule has 2 atom stereocenters. The predicted octanol–water partition coefficient (Wildman–Crippen LogP) is 2.35. The molecule has 0 unspecified atom stereocenters. The summed E-state index contributed by atoms with van der Waals surface area (Å²) in [5.41, 5.74) is 1.83. The molecule has 0 radical (unpaired) electrons. The monoisotopic (exact) mass is 331 g/mol. The van der Waals surface area contributed by atoms with Gasteiger partial charge in [-0.3, -0.25) is 9.69 Å². The van der Waals surface area contributed by atoms with Gasteiger partial charge in [0.1, 0.15) is 0 Å². The summed E-state index contributed by atoms with van der Waals surface area (Å²) in [5, 5.41) is 6.58. The Kier molecular flexibility index (Phi) is 6.10. The maximum Gasteiger partial charge on any atom is 0.251 e. The number of anilines is 1. The van der Waals surface area contributed by atoms with Gasteiger partial charge < -0.3 is 15.4 Å². The molecule has 0 spiro atoms. The summed E-state index contributed by atoms with van der Waals surface area (Å²) in [6.45, 7) is 7.37. The number of hydrogen-bond donors (Lipinski definition) is 2. The van der Waals surface area contributed by atoms with Gasteiger partial charge in [0.05, 0.1) is 13.2 Å².